The van der Waals surface area contributed by atoms with Crippen LogP contribution in [0.1, 0.15) is 18.4 Å². The highest BCUT2D eigenvalue weighted by atomic mass is 16.2. The lowest BCUT2D eigenvalue weighted by Gasteiger charge is -2.29. The molecule has 1 aliphatic rings. The Kier molecular flexibility index (Phi) is 5.13. The summed E-state index contributed by atoms with van der Waals surface area (Å²) in [5, 5.41) is 8.60. The molecule has 0 atom stereocenters. The Hall–Kier alpha value is -2.07. The second kappa shape index (κ2) is 7.47. The summed E-state index contributed by atoms with van der Waals surface area (Å²) >= 11 is 0. The van der Waals surface area contributed by atoms with Crippen molar-refractivity contribution in [3.63, 3.8) is 0 Å². The second-order valence-corrected chi connectivity index (χ2v) is 6.37. The van der Waals surface area contributed by atoms with Crippen LogP contribution >= 0.6 is 0 Å². The molecule has 0 aromatic heterocycles. The van der Waals surface area contributed by atoms with E-state index in [1.807, 2.05) is 0 Å². The van der Waals surface area contributed by atoms with Crippen molar-refractivity contribution < 1.29 is 4.79 Å². The maximum Gasteiger partial charge on any atom is 0.315 e. The molecule has 1 saturated heterocycles. The number of fused-ring (bicyclic) bond motifs is 1. The van der Waals surface area contributed by atoms with Gasteiger partial charge in [0.2, 0.25) is 0 Å². The molecule has 122 valence electrons. The van der Waals surface area contributed by atoms with Gasteiger partial charge in [0.25, 0.3) is 0 Å². The maximum atomic E-state index is 12.0. The number of urea groups is 1. The van der Waals surface area contributed by atoms with Gasteiger partial charge in [-0.05, 0) is 55.7 Å². The zero-order valence-corrected chi connectivity index (χ0v) is 13.7. The minimum atomic E-state index is -0.0419. The summed E-state index contributed by atoms with van der Waals surface area (Å²) in [6.45, 7) is 2.77. The number of likely N-dealkylation sites (tertiary alicyclic amines) is 1. The molecular weight excluding hydrogens is 286 g/mol. The van der Waals surface area contributed by atoms with Crippen LogP contribution in [-0.2, 0) is 6.42 Å². The smallest absolute Gasteiger partial charge is 0.315 e. The highest BCUT2D eigenvalue weighted by Crippen LogP contribution is 2.18. The normalized spacial score (nSPS) is 16.4. The van der Waals surface area contributed by atoms with E-state index >= 15 is 0 Å². The van der Waals surface area contributed by atoms with Crippen molar-refractivity contribution in [2.75, 3.05) is 26.7 Å². The van der Waals surface area contributed by atoms with Crippen LogP contribution in [0.5, 0.6) is 0 Å². The predicted octanol–water partition coefficient (Wildman–Crippen LogP) is 2.78. The second-order valence-electron chi connectivity index (χ2n) is 6.37. The van der Waals surface area contributed by atoms with Gasteiger partial charge in [-0.15, -0.1) is 0 Å². The van der Waals surface area contributed by atoms with Crippen LogP contribution in [0.3, 0.4) is 0 Å². The van der Waals surface area contributed by atoms with Gasteiger partial charge >= 0.3 is 6.03 Å². The van der Waals surface area contributed by atoms with Crippen LogP contribution in [0.4, 0.5) is 4.79 Å². The summed E-state index contributed by atoms with van der Waals surface area (Å²) < 4.78 is 0. The SMILES string of the molecule is CN1CCC(NC(=O)NCCc2cccc3ccccc23)CC1. The molecule has 3 rings (SSSR count). The fourth-order valence-electron chi connectivity index (χ4n) is 3.21. The number of hydrogen-bond donors (Lipinski definition) is 2. The first kappa shape index (κ1) is 15.8. The number of nitrogens with zero attached hydrogens (tertiary/aromatic N) is 1. The van der Waals surface area contributed by atoms with E-state index in [1.165, 1.54) is 16.3 Å². The van der Waals surface area contributed by atoms with Gasteiger partial charge in [0.15, 0.2) is 0 Å². The third-order valence-corrected chi connectivity index (χ3v) is 4.61. The largest absolute Gasteiger partial charge is 0.338 e. The molecule has 0 unspecified atom stereocenters. The van der Waals surface area contributed by atoms with E-state index in [-0.39, 0.29) is 6.03 Å². The first-order chi connectivity index (χ1) is 11.2. The highest BCUT2D eigenvalue weighted by Gasteiger charge is 2.17. The van der Waals surface area contributed by atoms with E-state index in [0.717, 1.165) is 32.4 Å². The molecule has 1 aliphatic heterocycles. The standard InChI is InChI=1S/C19H25N3O/c1-22-13-10-17(11-14-22)21-19(23)20-12-9-16-7-4-6-15-5-2-3-8-18(15)16/h2-8,17H,9-14H2,1H3,(H2,20,21,23). The Balaban J connectivity index is 1.48. The molecule has 2 aromatic carbocycles. The van der Waals surface area contributed by atoms with Crippen molar-refractivity contribution in [3.8, 4) is 0 Å². The third kappa shape index (κ3) is 4.23. The third-order valence-electron chi connectivity index (χ3n) is 4.61. The lowest BCUT2D eigenvalue weighted by molar-refractivity contribution is 0.214. The maximum absolute atomic E-state index is 12.0. The molecule has 1 fully saturated rings. The van der Waals surface area contributed by atoms with Crippen LogP contribution in [0.25, 0.3) is 10.8 Å². The minimum Gasteiger partial charge on any atom is -0.338 e. The molecule has 1 heterocycles. The lowest BCUT2D eigenvalue weighted by atomic mass is 10.0. The first-order valence-electron chi connectivity index (χ1n) is 8.42. The van der Waals surface area contributed by atoms with Crippen molar-refractivity contribution in [1.29, 1.82) is 0 Å². The van der Waals surface area contributed by atoms with Crippen molar-refractivity contribution >= 4 is 16.8 Å². The summed E-state index contributed by atoms with van der Waals surface area (Å²) in [4.78, 5) is 14.3. The zero-order valence-electron chi connectivity index (χ0n) is 13.7. The fourth-order valence-corrected chi connectivity index (χ4v) is 3.21. The van der Waals surface area contributed by atoms with Gasteiger partial charge in [0.1, 0.15) is 0 Å². The molecule has 23 heavy (non-hydrogen) atoms. The van der Waals surface area contributed by atoms with E-state index in [4.69, 9.17) is 0 Å². The molecule has 0 bridgehead atoms. The Morgan fingerprint density at radius 1 is 1.13 bits per heavy atom. The average molecular weight is 311 g/mol. The molecule has 2 N–H and O–H groups in total. The number of amides is 2. The van der Waals surface area contributed by atoms with Gasteiger partial charge in [-0.3, -0.25) is 0 Å². The van der Waals surface area contributed by atoms with Gasteiger partial charge in [-0.2, -0.15) is 0 Å². The number of carbonyl (C=O) groups excluding carboxylic acids is 1. The van der Waals surface area contributed by atoms with E-state index < -0.39 is 0 Å². The van der Waals surface area contributed by atoms with Gasteiger partial charge < -0.3 is 15.5 Å². The van der Waals surface area contributed by atoms with Gasteiger partial charge in [-0.25, -0.2) is 4.79 Å². The topological polar surface area (TPSA) is 44.4 Å². The molecule has 0 saturated carbocycles. The van der Waals surface area contributed by atoms with Gasteiger partial charge in [0.05, 0.1) is 0 Å². The van der Waals surface area contributed by atoms with Crippen LogP contribution in [-0.4, -0.2) is 43.7 Å². The molecule has 0 radical (unpaired) electrons. The molecular formula is C19H25N3O. The van der Waals surface area contributed by atoms with E-state index in [2.05, 4.69) is 65.0 Å². The number of hydrogen-bond acceptors (Lipinski definition) is 2. The van der Waals surface area contributed by atoms with Crippen LogP contribution in [0, 0.1) is 0 Å². The Labute approximate surface area is 137 Å². The summed E-state index contributed by atoms with van der Waals surface area (Å²) in [5.41, 5.74) is 1.28. The average Bonchev–Trinajstić information content (AvgIpc) is 2.57. The van der Waals surface area contributed by atoms with Gasteiger partial charge in [-0.1, -0.05) is 42.5 Å². The van der Waals surface area contributed by atoms with Crippen molar-refractivity contribution in [2.24, 2.45) is 0 Å². The Morgan fingerprint density at radius 2 is 1.87 bits per heavy atom. The number of benzene rings is 2. The highest BCUT2D eigenvalue weighted by molar-refractivity contribution is 5.85. The van der Waals surface area contributed by atoms with E-state index in [9.17, 15) is 4.79 Å². The number of nitrogens with one attached hydrogen (secondary N) is 2. The first-order valence-corrected chi connectivity index (χ1v) is 8.42. The lowest BCUT2D eigenvalue weighted by Crippen LogP contribution is -2.47. The molecule has 2 amide bonds. The monoisotopic (exact) mass is 311 g/mol. The molecule has 0 spiro atoms. The minimum absolute atomic E-state index is 0.0419. The Bertz CT molecular complexity index is 657. The van der Waals surface area contributed by atoms with Crippen molar-refractivity contribution in [2.45, 2.75) is 25.3 Å². The summed E-state index contributed by atoms with van der Waals surface area (Å²) in [6.07, 6.45) is 2.92. The van der Waals surface area contributed by atoms with Crippen molar-refractivity contribution in [1.82, 2.24) is 15.5 Å². The quantitative estimate of drug-likeness (QED) is 0.912. The molecule has 4 nitrogen and oxygen atoms in total. The van der Waals surface area contributed by atoms with Crippen molar-refractivity contribution in [3.05, 3.63) is 48.0 Å². The van der Waals surface area contributed by atoms with Crippen LogP contribution < -0.4 is 10.6 Å². The number of rotatable bonds is 4. The fraction of sp³-hybridized carbons (Fsp3) is 0.421. The van der Waals surface area contributed by atoms with E-state index in [1.54, 1.807) is 0 Å². The number of carbonyl (C=O) groups is 1. The molecule has 2 aromatic rings. The van der Waals surface area contributed by atoms with Gasteiger partial charge in [0, 0.05) is 12.6 Å². The van der Waals surface area contributed by atoms with E-state index in [0.29, 0.717) is 12.6 Å². The Morgan fingerprint density at radius 3 is 2.70 bits per heavy atom. The summed E-state index contributed by atoms with van der Waals surface area (Å²) in [5.74, 6) is 0. The predicted molar refractivity (Wildman–Crippen MR) is 94.7 cm³/mol. The summed E-state index contributed by atoms with van der Waals surface area (Å²) in [7, 11) is 2.13. The van der Waals surface area contributed by atoms with Crippen LogP contribution in [0.2, 0.25) is 0 Å². The number of piperidine rings is 1. The summed E-state index contributed by atoms with van der Waals surface area (Å²) in [6, 6.07) is 15.0. The molecule has 4 heteroatoms. The van der Waals surface area contributed by atoms with Crippen LogP contribution in [0.15, 0.2) is 42.5 Å². The molecule has 0 aliphatic carbocycles. The zero-order chi connectivity index (χ0) is 16.1.